The zero-order valence-electron chi connectivity index (χ0n) is 8.15. The van der Waals surface area contributed by atoms with Crippen molar-refractivity contribution in [1.29, 1.82) is 0 Å². The summed E-state index contributed by atoms with van der Waals surface area (Å²) in [6, 6.07) is 2.37. The molecule has 0 amide bonds. The normalized spacial score (nSPS) is 12.7. The number of aromatic nitrogens is 1. The van der Waals surface area contributed by atoms with Crippen LogP contribution in [0.2, 0.25) is 0 Å². The van der Waals surface area contributed by atoms with E-state index >= 15 is 0 Å². The van der Waals surface area contributed by atoms with Gasteiger partial charge in [-0.1, -0.05) is 0 Å². The molecular formula is C10H12N2S2. The first-order chi connectivity index (χ1) is 6.75. The first-order valence-corrected chi connectivity index (χ1v) is 6.28. The van der Waals surface area contributed by atoms with E-state index in [4.69, 9.17) is 0 Å². The molecular weight excluding hydrogens is 212 g/mol. The number of hydrogen-bond acceptors (Lipinski definition) is 4. The number of aryl methyl sites for hydroxylation is 1. The minimum absolute atomic E-state index is 0.287. The summed E-state index contributed by atoms with van der Waals surface area (Å²) >= 11 is 3.40. The maximum Gasteiger partial charge on any atom is 0.0898 e. The Morgan fingerprint density at radius 2 is 2.29 bits per heavy atom. The minimum atomic E-state index is 0.287. The molecule has 1 N–H and O–H groups in total. The summed E-state index contributed by atoms with van der Waals surface area (Å²) in [5.41, 5.74) is 2.30. The highest BCUT2D eigenvalue weighted by Gasteiger charge is 2.08. The average Bonchev–Trinajstić information content (AvgIpc) is 2.75. The van der Waals surface area contributed by atoms with Crippen molar-refractivity contribution in [3.8, 4) is 0 Å². The largest absolute Gasteiger partial charge is 0.376 e. The molecule has 4 heteroatoms. The predicted molar refractivity (Wildman–Crippen MR) is 63.2 cm³/mol. The third-order valence-corrected chi connectivity index (χ3v) is 3.46. The molecule has 0 fully saturated rings. The highest BCUT2D eigenvalue weighted by molar-refractivity contribution is 7.09. The average molecular weight is 224 g/mol. The van der Waals surface area contributed by atoms with Crippen LogP contribution in [-0.4, -0.2) is 4.98 Å². The maximum absolute atomic E-state index is 4.45. The fraction of sp³-hybridized carbons (Fsp3) is 0.300. The van der Waals surface area contributed by atoms with Crippen LogP contribution in [0, 0.1) is 6.92 Å². The molecule has 0 aliphatic heterocycles. The zero-order valence-corrected chi connectivity index (χ0v) is 9.78. The standard InChI is InChI=1S/C10H12N2S2/c1-7(10-6-14-8(2)12-10)11-9-3-4-13-5-9/h3-7,11H,1-2H3. The predicted octanol–water partition coefficient (Wildman–Crippen LogP) is 3.69. The summed E-state index contributed by atoms with van der Waals surface area (Å²) in [4.78, 5) is 4.45. The van der Waals surface area contributed by atoms with E-state index in [0.29, 0.717) is 0 Å². The Labute approximate surface area is 91.6 Å². The lowest BCUT2D eigenvalue weighted by Crippen LogP contribution is -2.05. The molecule has 0 bridgehead atoms. The van der Waals surface area contributed by atoms with Crippen molar-refractivity contribution in [1.82, 2.24) is 4.98 Å². The van der Waals surface area contributed by atoms with Gasteiger partial charge < -0.3 is 5.32 Å². The second kappa shape index (κ2) is 4.11. The molecule has 0 aromatic carbocycles. The van der Waals surface area contributed by atoms with Crippen LogP contribution in [0.3, 0.4) is 0 Å². The van der Waals surface area contributed by atoms with Gasteiger partial charge in [0.25, 0.3) is 0 Å². The Morgan fingerprint density at radius 1 is 1.43 bits per heavy atom. The number of thiophene rings is 1. The monoisotopic (exact) mass is 224 g/mol. The van der Waals surface area contributed by atoms with Gasteiger partial charge in [-0.25, -0.2) is 4.98 Å². The Morgan fingerprint density at radius 3 is 2.86 bits per heavy atom. The van der Waals surface area contributed by atoms with Crippen molar-refractivity contribution in [2.75, 3.05) is 5.32 Å². The number of nitrogens with zero attached hydrogens (tertiary/aromatic N) is 1. The lowest BCUT2D eigenvalue weighted by molar-refractivity contribution is 0.846. The van der Waals surface area contributed by atoms with E-state index < -0.39 is 0 Å². The lowest BCUT2D eigenvalue weighted by atomic mass is 10.2. The minimum Gasteiger partial charge on any atom is -0.376 e. The van der Waals surface area contributed by atoms with Crippen LogP contribution in [0.4, 0.5) is 5.69 Å². The number of thiazole rings is 1. The number of hydrogen-bond donors (Lipinski definition) is 1. The molecule has 14 heavy (non-hydrogen) atoms. The van der Waals surface area contributed by atoms with Gasteiger partial charge in [0, 0.05) is 16.4 Å². The molecule has 2 aromatic rings. The Bertz CT molecular complexity index is 392. The van der Waals surface area contributed by atoms with E-state index in [2.05, 4.69) is 39.4 Å². The van der Waals surface area contributed by atoms with E-state index in [1.165, 1.54) is 5.69 Å². The highest BCUT2D eigenvalue weighted by atomic mass is 32.1. The van der Waals surface area contributed by atoms with Gasteiger partial charge in [0.05, 0.1) is 16.7 Å². The van der Waals surface area contributed by atoms with E-state index in [0.717, 1.165) is 10.7 Å². The van der Waals surface area contributed by atoms with Gasteiger partial charge in [0.2, 0.25) is 0 Å². The maximum atomic E-state index is 4.45. The van der Waals surface area contributed by atoms with Gasteiger partial charge in [-0.05, 0) is 25.3 Å². The van der Waals surface area contributed by atoms with Crippen LogP contribution in [0.25, 0.3) is 0 Å². The number of anilines is 1. The second-order valence-electron chi connectivity index (χ2n) is 3.17. The van der Waals surface area contributed by atoms with Gasteiger partial charge in [0.15, 0.2) is 0 Å². The lowest BCUT2D eigenvalue weighted by Gasteiger charge is -2.10. The van der Waals surface area contributed by atoms with Gasteiger partial charge >= 0.3 is 0 Å². The molecule has 2 nitrogen and oxygen atoms in total. The molecule has 0 radical (unpaired) electrons. The van der Waals surface area contributed by atoms with Crippen molar-refractivity contribution >= 4 is 28.4 Å². The van der Waals surface area contributed by atoms with Gasteiger partial charge in [-0.2, -0.15) is 11.3 Å². The summed E-state index contributed by atoms with van der Waals surface area (Å²) in [5.74, 6) is 0. The summed E-state index contributed by atoms with van der Waals surface area (Å²) in [6.45, 7) is 4.16. The molecule has 1 unspecified atom stereocenters. The molecule has 0 aliphatic carbocycles. The molecule has 0 spiro atoms. The fourth-order valence-corrected chi connectivity index (χ4v) is 2.55. The first kappa shape index (κ1) is 9.68. The summed E-state index contributed by atoms with van der Waals surface area (Å²) in [7, 11) is 0. The topological polar surface area (TPSA) is 24.9 Å². The molecule has 0 saturated heterocycles. The van der Waals surface area contributed by atoms with E-state index in [9.17, 15) is 0 Å². The Balaban J connectivity index is 2.06. The van der Waals surface area contributed by atoms with Crippen LogP contribution < -0.4 is 5.32 Å². The SMILES string of the molecule is Cc1nc(C(C)Nc2ccsc2)cs1. The third kappa shape index (κ3) is 2.13. The van der Waals surface area contributed by atoms with Crippen molar-refractivity contribution in [2.24, 2.45) is 0 Å². The molecule has 1 atom stereocenters. The quantitative estimate of drug-likeness (QED) is 0.860. The van der Waals surface area contributed by atoms with E-state index in [-0.39, 0.29) is 6.04 Å². The molecule has 74 valence electrons. The van der Waals surface area contributed by atoms with Crippen molar-refractivity contribution in [3.63, 3.8) is 0 Å². The number of nitrogens with one attached hydrogen (secondary N) is 1. The smallest absolute Gasteiger partial charge is 0.0898 e. The number of rotatable bonds is 3. The summed E-state index contributed by atoms with van der Waals surface area (Å²) in [6.07, 6.45) is 0. The molecule has 2 heterocycles. The van der Waals surface area contributed by atoms with Crippen molar-refractivity contribution in [3.05, 3.63) is 32.9 Å². The van der Waals surface area contributed by atoms with Crippen LogP contribution >= 0.6 is 22.7 Å². The summed E-state index contributed by atoms with van der Waals surface area (Å²) < 4.78 is 0. The van der Waals surface area contributed by atoms with Gasteiger partial charge in [-0.15, -0.1) is 11.3 Å². The first-order valence-electron chi connectivity index (χ1n) is 4.46. The molecule has 2 rings (SSSR count). The Hall–Kier alpha value is -0.870. The van der Waals surface area contributed by atoms with Crippen LogP contribution in [0.15, 0.2) is 22.2 Å². The molecule has 2 aromatic heterocycles. The Kier molecular flexibility index (Phi) is 2.84. The van der Waals surface area contributed by atoms with Crippen LogP contribution in [0.5, 0.6) is 0 Å². The fourth-order valence-electron chi connectivity index (χ4n) is 1.25. The van der Waals surface area contributed by atoms with E-state index in [1.54, 1.807) is 22.7 Å². The van der Waals surface area contributed by atoms with Gasteiger partial charge in [0.1, 0.15) is 0 Å². The second-order valence-corrected chi connectivity index (χ2v) is 5.01. The van der Waals surface area contributed by atoms with Crippen molar-refractivity contribution < 1.29 is 0 Å². The van der Waals surface area contributed by atoms with Crippen LogP contribution in [0.1, 0.15) is 23.7 Å². The van der Waals surface area contributed by atoms with Crippen molar-refractivity contribution in [2.45, 2.75) is 19.9 Å². The molecule has 0 saturated carbocycles. The van der Waals surface area contributed by atoms with E-state index in [1.807, 2.05) is 6.92 Å². The highest BCUT2D eigenvalue weighted by Crippen LogP contribution is 2.21. The molecule has 0 aliphatic rings. The van der Waals surface area contributed by atoms with Crippen LogP contribution in [-0.2, 0) is 0 Å². The third-order valence-electron chi connectivity index (χ3n) is 1.98. The summed E-state index contributed by atoms with van der Waals surface area (Å²) in [5, 5.41) is 10.8. The van der Waals surface area contributed by atoms with Gasteiger partial charge in [-0.3, -0.25) is 0 Å². The zero-order chi connectivity index (χ0) is 9.97.